The summed E-state index contributed by atoms with van der Waals surface area (Å²) in [5.74, 6) is 1.33. The molecule has 4 atom stereocenters. The number of benzene rings is 2. The topological polar surface area (TPSA) is 112 Å². The van der Waals surface area contributed by atoms with Crippen molar-refractivity contribution < 1.29 is 19.0 Å². The van der Waals surface area contributed by atoms with Gasteiger partial charge in [-0.05, 0) is 34.7 Å². The third-order valence-electron chi connectivity index (χ3n) is 5.51. The Hall–Kier alpha value is -3.50. The molecule has 31 heavy (non-hydrogen) atoms. The number of aromatic nitrogens is 4. The van der Waals surface area contributed by atoms with E-state index in [9.17, 15) is 4.79 Å². The normalized spacial score (nSPS) is 24.5. The third-order valence-corrected chi connectivity index (χ3v) is 5.51. The van der Waals surface area contributed by atoms with Crippen LogP contribution in [0.15, 0.2) is 54.6 Å². The van der Waals surface area contributed by atoms with Crippen LogP contribution in [-0.4, -0.2) is 64.8 Å². The number of hydrogen-bond acceptors (Lipinski definition) is 7. The van der Waals surface area contributed by atoms with E-state index in [1.165, 1.54) is 0 Å². The van der Waals surface area contributed by atoms with E-state index < -0.39 is 0 Å². The van der Waals surface area contributed by atoms with Crippen molar-refractivity contribution in [1.29, 1.82) is 0 Å². The molecule has 0 saturated carbocycles. The van der Waals surface area contributed by atoms with Gasteiger partial charge in [-0.25, -0.2) is 9.48 Å². The molecule has 0 radical (unpaired) electrons. The van der Waals surface area contributed by atoms with Gasteiger partial charge in [0.15, 0.2) is 5.82 Å². The Morgan fingerprint density at radius 2 is 1.94 bits per heavy atom. The van der Waals surface area contributed by atoms with Crippen LogP contribution < -0.4 is 15.4 Å². The van der Waals surface area contributed by atoms with E-state index in [0.29, 0.717) is 19.0 Å². The molecule has 0 bridgehead atoms. The molecule has 3 aromatic rings. The molecule has 3 heterocycles. The van der Waals surface area contributed by atoms with Crippen LogP contribution in [-0.2, 0) is 9.47 Å². The van der Waals surface area contributed by atoms with Crippen LogP contribution in [0.5, 0.6) is 5.75 Å². The monoisotopic (exact) mass is 422 g/mol. The first-order valence-electron chi connectivity index (χ1n) is 10.0. The van der Waals surface area contributed by atoms with Gasteiger partial charge in [-0.3, -0.25) is 0 Å². The molecule has 2 amide bonds. The number of fused-ring (bicyclic) bond motifs is 1. The zero-order chi connectivity index (χ0) is 21.2. The number of carbonyl (C=O) groups is 1. The fraction of sp³-hybridized carbons (Fsp3) is 0.333. The molecule has 0 aliphatic carbocycles. The van der Waals surface area contributed by atoms with E-state index in [-0.39, 0.29) is 30.3 Å². The predicted molar refractivity (Wildman–Crippen MR) is 111 cm³/mol. The number of carbonyl (C=O) groups excluding carboxylic acids is 1. The van der Waals surface area contributed by atoms with Gasteiger partial charge in [0.25, 0.3) is 0 Å². The fourth-order valence-corrected chi connectivity index (χ4v) is 4.04. The molecule has 2 aromatic carbocycles. The van der Waals surface area contributed by atoms with E-state index in [4.69, 9.17) is 14.2 Å². The molecular formula is C21H22N6O4. The smallest absolute Gasteiger partial charge is 0.319 e. The van der Waals surface area contributed by atoms with E-state index in [1.807, 2.05) is 54.6 Å². The Labute approximate surface area is 178 Å². The minimum atomic E-state index is -0.299. The average molecular weight is 422 g/mol. The van der Waals surface area contributed by atoms with Crippen molar-refractivity contribution in [3.63, 3.8) is 0 Å². The molecule has 2 fully saturated rings. The number of rotatable bonds is 5. The molecule has 10 heteroatoms. The van der Waals surface area contributed by atoms with Gasteiger partial charge >= 0.3 is 6.03 Å². The maximum atomic E-state index is 12.4. The highest BCUT2D eigenvalue weighted by atomic mass is 16.6. The zero-order valence-electron chi connectivity index (χ0n) is 16.8. The van der Waals surface area contributed by atoms with Crippen molar-refractivity contribution >= 4 is 11.7 Å². The summed E-state index contributed by atoms with van der Waals surface area (Å²) >= 11 is 0. The summed E-state index contributed by atoms with van der Waals surface area (Å²) in [6.45, 7) is 0.737. The van der Waals surface area contributed by atoms with Crippen LogP contribution >= 0.6 is 0 Å². The summed E-state index contributed by atoms with van der Waals surface area (Å²) in [7, 11) is 1.62. The number of nitrogens with one attached hydrogen (secondary N) is 2. The van der Waals surface area contributed by atoms with Crippen LogP contribution in [0, 0.1) is 0 Å². The Bertz CT molecular complexity index is 1060. The van der Waals surface area contributed by atoms with Gasteiger partial charge in [0.1, 0.15) is 24.0 Å². The molecule has 10 nitrogen and oxygen atoms in total. The summed E-state index contributed by atoms with van der Waals surface area (Å²) in [6, 6.07) is 16.1. The molecule has 2 aliphatic rings. The number of anilines is 1. The Balaban J connectivity index is 1.29. The van der Waals surface area contributed by atoms with Crippen molar-refractivity contribution in [2.75, 3.05) is 25.6 Å². The molecule has 160 valence electrons. The highest BCUT2D eigenvalue weighted by molar-refractivity contribution is 5.89. The lowest BCUT2D eigenvalue weighted by Gasteiger charge is -2.18. The number of methoxy groups -OCH3 is 1. The number of nitrogens with zero attached hydrogens (tertiary/aromatic N) is 4. The summed E-state index contributed by atoms with van der Waals surface area (Å²) in [6.07, 6.45) is -0.552. The van der Waals surface area contributed by atoms with Crippen LogP contribution in [0.4, 0.5) is 10.5 Å². The average Bonchev–Trinajstić information content (AvgIpc) is 3.52. The number of urea groups is 1. The van der Waals surface area contributed by atoms with Crippen molar-refractivity contribution in [2.24, 2.45) is 0 Å². The number of amides is 2. The molecule has 2 saturated heterocycles. The van der Waals surface area contributed by atoms with Gasteiger partial charge in [-0.1, -0.05) is 30.3 Å². The Morgan fingerprint density at radius 1 is 1.10 bits per heavy atom. The maximum Gasteiger partial charge on any atom is 0.319 e. The van der Waals surface area contributed by atoms with E-state index in [1.54, 1.807) is 11.8 Å². The second kappa shape index (κ2) is 8.32. The fourth-order valence-electron chi connectivity index (χ4n) is 4.04. The molecule has 0 spiro atoms. The quantitative estimate of drug-likeness (QED) is 0.646. The lowest BCUT2D eigenvalue weighted by atomic mass is 10.1. The van der Waals surface area contributed by atoms with Crippen LogP contribution in [0.1, 0.15) is 6.04 Å². The molecule has 0 unspecified atom stereocenters. The summed E-state index contributed by atoms with van der Waals surface area (Å²) < 4.78 is 19.0. The Morgan fingerprint density at radius 3 is 2.77 bits per heavy atom. The third kappa shape index (κ3) is 3.82. The number of para-hydroxylation sites is 1. The second-order valence-corrected chi connectivity index (χ2v) is 7.41. The molecule has 5 rings (SSSR count). The second-order valence-electron chi connectivity index (χ2n) is 7.41. The van der Waals surface area contributed by atoms with Gasteiger partial charge in [0.05, 0.1) is 26.4 Å². The summed E-state index contributed by atoms with van der Waals surface area (Å²) in [4.78, 5) is 12.4. The van der Waals surface area contributed by atoms with Crippen molar-refractivity contribution in [3.05, 3.63) is 54.6 Å². The van der Waals surface area contributed by atoms with Crippen molar-refractivity contribution in [3.8, 4) is 17.1 Å². The SMILES string of the molecule is COc1cccc(-c2nnnn2[C@H]2CO[C@H]3[C@@H]2OC[C@@H]3NC(=O)Nc2ccccc2)c1. The van der Waals surface area contributed by atoms with Gasteiger partial charge < -0.3 is 24.8 Å². The first kappa shape index (κ1) is 19.5. The zero-order valence-corrected chi connectivity index (χ0v) is 16.8. The first-order chi connectivity index (χ1) is 15.2. The standard InChI is InChI=1S/C21H22N6O4/c1-29-15-9-5-6-13(10-15)20-24-25-26-27(20)17-12-31-18-16(11-30-19(17)18)23-21(28)22-14-7-3-2-4-8-14/h2-10,16-19H,11-12H2,1H3,(H2,22,23,28)/t16-,17-,18+,19+/m0/s1. The van der Waals surface area contributed by atoms with Crippen LogP contribution in [0.3, 0.4) is 0 Å². The molecule has 2 N–H and O–H groups in total. The van der Waals surface area contributed by atoms with Gasteiger partial charge in [-0.15, -0.1) is 5.10 Å². The number of hydrogen-bond donors (Lipinski definition) is 2. The summed E-state index contributed by atoms with van der Waals surface area (Å²) in [5, 5.41) is 18.0. The van der Waals surface area contributed by atoms with Crippen molar-refractivity contribution in [1.82, 2.24) is 25.5 Å². The van der Waals surface area contributed by atoms with Gasteiger partial charge in [0.2, 0.25) is 0 Å². The Kier molecular flexibility index (Phi) is 5.23. The van der Waals surface area contributed by atoms with E-state index >= 15 is 0 Å². The van der Waals surface area contributed by atoms with Crippen LogP contribution in [0.25, 0.3) is 11.4 Å². The summed E-state index contributed by atoms with van der Waals surface area (Å²) in [5.41, 5.74) is 1.56. The first-order valence-corrected chi connectivity index (χ1v) is 10.0. The highest BCUT2D eigenvalue weighted by Crippen LogP contribution is 2.36. The minimum Gasteiger partial charge on any atom is -0.497 e. The largest absolute Gasteiger partial charge is 0.497 e. The van der Waals surface area contributed by atoms with Gasteiger partial charge in [-0.2, -0.15) is 0 Å². The van der Waals surface area contributed by atoms with Gasteiger partial charge in [0, 0.05) is 11.3 Å². The van der Waals surface area contributed by atoms with E-state index in [2.05, 4.69) is 26.2 Å². The molecule has 2 aliphatic heterocycles. The number of tetrazole rings is 1. The molecule has 1 aromatic heterocycles. The predicted octanol–water partition coefficient (Wildman–Crippen LogP) is 1.88. The van der Waals surface area contributed by atoms with E-state index in [0.717, 1.165) is 17.0 Å². The lowest BCUT2D eigenvalue weighted by Crippen LogP contribution is -2.45. The number of ether oxygens (including phenoxy) is 3. The van der Waals surface area contributed by atoms with Crippen LogP contribution in [0.2, 0.25) is 0 Å². The maximum absolute atomic E-state index is 12.4. The minimum absolute atomic E-state index is 0.204. The lowest BCUT2D eigenvalue weighted by molar-refractivity contribution is 0.0624. The molecular weight excluding hydrogens is 400 g/mol. The van der Waals surface area contributed by atoms with Crippen molar-refractivity contribution in [2.45, 2.75) is 24.3 Å². The highest BCUT2D eigenvalue weighted by Gasteiger charge is 2.50.